The summed E-state index contributed by atoms with van der Waals surface area (Å²) in [6, 6.07) is 8.17. The van der Waals surface area contributed by atoms with Crippen LogP contribution in [0.25, 0.3) is 0 Å². The molecule has 1 saturated carbocycles. The van der Waals surface area contributed by atoms with Gasteiger partial charge in [0.05, 0.1) is 4.90 Å². The van der Waals surface area contributed by atoms with Gasteiger partial charge in [-0.3, -0.25) is 14.6 Å². The van der Waals surface area contributed by atoms with Crippen molar-refractivity contribution in [1.82, 2.24) is 10.2 Å². The van der Waals surface area contributed by atoms with Gasteiger partial charge in [0, 0.05) is 36.3 Å². The molecule has 2 N–H and O–H groups in total. The number of aromatic nitrogens is 2. The quantitative estimate of drug-likeness (QED) is 0.841. The summed E-state index contributed by atoms with van der Waals surface area (Å²) in [7, 11) is -3.71. The van der Waals surface area contributed by atoms with E-state index in [1.54, 1.807) is 23.1 Å². The third-order valence-corrected chi connectivity index (χ3v) is 6.53. The Kier molecular flexibility index (Phi) is 4.44. The molecular weight excluding hydrogens is 352 g/mol. The van der Waals surface area contributed by atoms with E-state index in [9.17, 15) is 13.2 Å². The maximum absolute atomic E-state index is 12.6. The van der Waals surface area contributed by atoms with Crippen LogP contribution < -0.4 is 9.62 Å². The van der Waals surface area contributed by atoms with Crippen LogP contribution in [-0.4, -0.2) is 31.1 Å². The van der Waals surface area contributed by atoms with Gasteiger partial charge >= 0.3 is 0 Å². The van der Waals surface area contributed by atoms with E-state index in [0.29, 0.717) is 24.7 Å². The number of benzene rings is 1. The standard InChI is InChI=1S/C18H22N4O3S/c23-18-6-3-11-22(18)14-7-9-15(10-8-14)26(24,25)21-17-12-16(19-20-17)13-4-1-2-5-13/h7-10,12-13H,1-6,11H2,(H2,19,20,21). The van der Waals surface area contributed by atoms with Crippen LogP contribution in [-0.2, 0) is 14.8 Å². The number of H-pyrrole nitrogens is 1. The molecule has 2 aromatic rings. The van der Waals surface area contributed by atoms with E-state index in [1.807, 2.05) is 0 Å². The van der Waals surface area contributed by atoms with E-state index in [4.69, 9.17) is 0 Å². The summed E-state index contributed by atoms with van der Waals surface area (Å²) in [5, 5.41) is 7.05. The topological polar surface area (TPSA) is 95.2 Å². The van der Waals surface area contributed by atoms with Crippen molar-refractivity contribution in [1.29, 1.82) is 0 Å². The number of aromatic amines is 1. The number of hydrogen-bond acceptors (Lipinski definition) is 4. The SMILES string of the molecule is O=C1CCCN1c1ccc(S(=O)(=O)Nc2cc(C3CCCC3)[nH]n2)cc1. The van der Waals surface area contributed by atoms with Crippen LogP contribution in [0.3, 0.4) is 0 Å². The Labute approximate surface area is 152 Å². The van der Waals surface area contributed by atoms with Gasteiger partial charge in [0.25, 0.3) is 10.0 Å². The molecule has 0 atom stereocenters. The number of hydrogen-bond donors (Lipinski definition) is 2. The first-order chi connectivity index (χ1) is 12.5. The summed E-state index contributed by atoms with van der Waals surface area (Å²) in [6.07, 6.45) is 6.02. The number of carbonyl (C=O) groups is 1. The zero-order chi connectivity index (χ0) is 18.1. The summed E-state index contributed by atoms with van der Waals surface area (Å²) in [4.78, 5) is 13.6. The molecule has 138 valence electrons. The molecule has 8 heteroatoms. The Hall–Kier alpha value is -2.35. The molecule has 0 radical (unpaired) electrons. The van der Waals surface area contributed by atoms with Gasteiger partial charge in [-0.05, 0) is 43.5 Å². The van der Waals surface area contributed by atoms with Gasteiger partial charge in [-0.1, -0.05) is 12.8 Å². The van der Waals surface area contributed by atoms with Gasteiger partial charge in [0.2, 0.25) is 5.91 Å². The summed E-state index contributed by atoms with van der Waals surface area (Å²) in [6.45, 7) is 0.681. The average molecular weight is 374 g/mol. The summed E-state index contributed by atoms with van der Waals surface area (Å²) >= 11 is 0. The Balaban J connectivity index is 1.48. The number of sulfonamides is 1. The molecule has 1 amide bonds. The van der Waals surface area contributed by atoms with Crippen molar-refractivity contribution < 1.29 is 13.2 Å². The molecule has 1 aromatic carbocycles. The highest BCUT2D eigenvalue weighted by atomic mass is 32.2. The predicted octanol–water partition coefficient (Wildman–Crippen LogP) is 2.99. The van der Waals surface area contributed by atoms with Crippen LogP contribution >= 0.6 is 0 Å². The molecule has 1 aliphatic carbocycles. The molecule has 1 saturated heterocycles. The molecule has 1 aromatic heterocycles. The zero-order valence-corrected chi connectivity index (χ0v) is 15.3. The molecule has 26 heavy (non-hydrogen) atoms. The minimum atomic E-state index is -3.71. The van der Waals surface area contributed by atoms with Gasteiger partial charge in [0.15, 0.2) is 5.82 Å². The third-order valence-electron chi connectivity index (χ3n) is 5.16. The van der Waals surface area contributed by atoms with Gasteiger partial charge in [-0.25, -0.2) is 8.42 Å². The predicted molar refractivity (Wildman–Crippen MR) is 98.6 cm³/mol. The Bertz CT molecular complexity index is 899. The Morgan fingerprint density at radius 1 is 1.12 bits per heavy atom. The lowest BCUT2D eigenvalue weighted by Gasteiger charge is -2.16. The second kappa shape index (κ2) is 6.75. The molecule has 4 rings (SSSR count). The van der Waals surface area contributed by atoms with Crippen LogP contribution in [0.2, 0.25) is 0 Å². The lowest BCUT2D eigenvalue weighted by atomic mass is 10.1. The van der Waals surface area contributed by atoms with E-state index in [1.165, 1.54) is 25.0 Å². The van der Waals surface area contributed by atoms with E-state index in [-0.39, 0.29) is 10.8 Å². The van der Waals surface area contributed by atoms with Crippen LogP contribution in [0.1, 0.15) is 50.1 Å². The van der Waals surface area contributed by atoms with E-state index < -0.39 is 10.0 Å². The fourth-order valence-electron chi connectivity index (χ4n) is 3.76. The van der Waals surface area contributed by atoms with E-state index in [2.05, 4.69) is 14.9 Å². The second-order valence-corrected chi connectivity index (χ2v) is 8.62. The molecule has 0 bridgehead atoms. The molecule has 2 heterocycles. The second-order valence-electron chi connectivity index (χ2n) is 6.94. The van der Waals surface area contributed by atoms with Gasteiger partial charge in [-0.2, -0.15) is 5.10 Å². The lowest BCUT2D eigenvalue weighted by molar-refractivity contribution is -0.117. The van der Waals surface area contributed by atoms with E-state index >= 15 is 0 Å². The molecule has 1 aliphatic heterocycles. The average Bonchev–Trinajstić information content (AvgIpc) is 3.36. The minimum Gasteiger partial charge on any atom is -0.312 e. The van der Waals surface area contributed by atoms with Crippen molar-refractivity contribution in [3.8, 4) is 0 Å². The van der Waals surface area contributed by atoms with Crippen molar-refractivity contribution in [3.63, 3.8) is 0 Å². The first-order valence-corrected chi connectivity index (χ1v) is 10.5. The molecule has 2 fully saturated rings. The molecule has 0 spiro atoms. The van der Waals surface area contributed by atoms with Crippen LogP contribution in [0.4, 0.5) is 11.5 Å². The van der Waals surface area contributed by atoms with Gasteiger partial charge < -0.3 is 4.90 Å². The number of nitrogens with zero attached hydrogens (tertiary/aromatic N) is 2. The molecule has 7 nitrogen and oxygen atoms in total. The Morgan fingerprint density at radius 2 is 1.85 bits per heavy atom. The highest BCUT2D eigenvalue weighted by molar-refractivity contribution is 7.92. The number of nitrogens with one attached hydrogen (secondary N) is 2. The zero-order valence-electron chi connectivity index (χ0n) is 14.4. The summed E-state index contributed by atoms with van der Waals surface area (Å²) in [5.74, 6) is 0.832. The van der Waals surface area contributed by atoms with Crippen molar-refractivity contribution in [2.75, 3.05) is 16.2 Å². The Morgan fingerprint density at radius 3 is 2.50 bits per heavy atom. The molecular formula is C18H22N4O3S. The largest absolute Gasteiger partial charge is 0.312 e. The van der Waals surface area contributed by atoms with Crippen molar-refractivity contribution in [2.45, 2.75) is 49.3 Å². The van der Waals surface area contributed by atoms with Crippen LogP contribution in [0.5, 0.6) is 0 Å². The summed E-state index contributed by atoms with van der Waals surface area (Å²) < 4.78 is 27.7. The fourth-order valence-corrected chi connectivity index (χ4v) is 4.75. The maximum atomic E-state index is 12.6. The highest BCUT2D eigenvalue weighted by Crippen LogP contribution is 2.34. The molecule has 0 unspecified atom stereocenters. The van der Waals surface area contributed by atoms with Crippen molar-refractivity contribution >= 4 is 27.4 Å². The molecule has 2 aliphatic rings. The lowest BCUT2D eigenvalue weighted by Crippen LogP contribution is -2.23. The van der Waals surface area contributed by atoms with Gasteiger partial charge in [0.1, 0.15) is 0 Å². The van der Waals surface area contributed by atoms with E-state index in [0.717, 1.165) is 30.6 Å². The normalized spacial score (nSPS) is 18.6. The third kappa shape index (κ3) is 3.33. The van der Waals surface area contributed by atoms with Gasteiger partial charge in [-0.15, -0.1) is 0 Å². The minimum absolute atomic E-state index is 0.0784. The van der Waals surface area contributed by atoms with Crippen molar-refractivity contribution in [2.24, 2.45) is 0 Å². The smallest absolute Gasteiger partial charge is 0.263 e. The van der Waals surface area contributed by atoms with Crippen molar-refractivity contribution in [3.05, 3.63) is 36.0 Å². The number of carbonyl (C=O) groups excluding carboxylic acids is 1. The van der Waals surface area contributed by atoms with Crippen LogP contribution in [0.15, 0.2) is 35.2 Å². The monoisotopic (exact) mass is 374 g/mol. The first kappa shape index (κ1) is 17.1. The maximum Gasteiger partial charge on any atom is 0.263 e. The number of rotatable bonds is 5. The fraction of sp³-hybridized carbons (Fsp3) is 0.444. The highest BCUT2D eigenvalue weighted by Gasteiger charge is 2.23. The van der Waals surface area contributed by atoms with Crippen LogP contribution in [0, 0.1) is 0 Å². The first-order valence-electron chi connectivity index (χ1n) is 9.01. The number of anilines is 2. The number of amides is 1. The summed E-state index contributed by atoms with van der Waals surface area (Å²) in [5.41, 5.74) is 1.72.